The van der Waals surface area contributed by atoms with Gasteiger partial charge < -0.3 is 4.55 Å². The van der Waals surface area contributed by atoms with Gasteiger partial charge in [0.15, 0.2) is 0 Å². The van der Waals surface area contributed by atoms with Crippen LogP contribution in [-0.2, 0) is 17.8 Å². The molecular weight excluding hydrogens is 198 g/mol. The highest BCUT2D eigenvalue weighted by Crippen LogP contribution is 1.87. The van der Waals surface area contributed by atoms with Crippen LogP contribution >= 0.6 is 11.3 Å². The molecule has 0 bridgehead atoms. The highest BCUT2D eigenvalue weighted by molar-refractivity contribution is 7.77. The summed E-state index contributed by atoms with van der Waals surface area (Å²) in [4.78, 5) is 0.421. The van der Waals surface area contributed by atoms with Crippen molar-refractivity contribution in [3.05, 3.63) is 10.3 Å². The molecule has 0 aliphatic rings. The van der Waals surface area contributed by atoms with Crippen molar-refractivity contribution in [1.82, 2.24) is 9.78 Å². The second-order valence-corrected chi connectivity index (χ2v) is 3.48. The van der Waals surface area contributed by atoms with E-state index < -0.39 is 11.3 Å². The highest BCUT2D eigenvalue weighted by Gasteiger charge is 1.93. The van der Waals surface area contributed by atoms with Crippen LogP contribution in [0.3, 0.4) is 0 Å². The molecule has 1 rings (SSSR count). The molecule has 0 aromatic carbocycles. The maximum absolute atomic E-state index is 10.2. The first-order chi connectivity index (χ1) is 5.74. The van der Waals surface area contributed by atoms with Crippen LogP contribution in [0.2, 0.25) is 0 Å². The Morgan fingerprint density at radius 3 is 3.25 bits per heavy atom. The molecule has 0 saturated heterocycles. The average Bonchev–Trinajstić information content (AvgIpc) is 2.37. The lowest BCUT2D eigenvalue weighted by atomic mass is 10.5. The van der Waals surface area contributed by atoms with E-state index in [9.17, 15) is 8.76 Å². The van der Waals surface area contributed by atoms with Crippen molar-refractivity contribution in [3.8, 4) is 0 Å². The minimum atomic E-state index is -2.38. The van der Waals surface area contributed by atoms with Gasteiger partial charge in [0.25, 0.3) is 0 Å². The SMILES string of the molecule is CCCn1ncsc1=NS(=O)[O-]. The number of rotatable bonds is 3. The fraction of sp³-hybridized carbons (Fsp3) is 0.600. The van der Waals surface area contributed by atoms with E-state index >= 15 is 0 Å². The van der Waals surface area contributed by atoms with Gasteiger partial charge in [0, 0.05) is 6.54 Å². The van der Waals surface area contributed by atoms with E-state index in [0.717, 1.165) is 6.42 Å². The normalized spacial score (nSPS) is 15.0. The summed E-state index contributed by atoms with van der Waals surface area (Å²) in [5, 5.41) is 3.93. The smallest absolute Gasteiger partial charge is 0.215 e. The van der Waals surface area contributed by atoms with E-state index in [4.69, 9.17) is 0 Å². The molecule has 0 aliphatic carbocycles. The molecule has 1 unspecified atom stereocenters. The van der Waals surface area contributed by atoms with Gasteiger partial charge in [0.2, 0.25) is 4.80 Å². The zero-order valence-corrected chi connectivity index (χ0v) is 8.10. The number of hydrogen-bond donors (Lipinski definition) is 0. The van der Waals surface area contributed by atoms with Gasteiger partial charge in [-0.05, 0) is 6.42 Å². The Labute approximate surface area is 76.2 Å². The van der Waals surface area contributed by atoms with Gasteiger partial charge in [-0.2, -0.15) is 9.50 Å². The van der Waals surface area contributed by atoms with E-state index in [-0.39, 0.29) is 0 Å². The van der Waals surface area contributed by atoms with Crippen molar-refractivity contribution >= 4 is 22.6 Å². The third-order valence-electron chi connectivity index (χ3n) is 1.15. The lowest BCUT2D eigenvalue weighted by Crippen LogP contribution is -2.16. The Bertz CT molecular complexity index is 329. The summed E-state index contributed by atoms with van der Waals surface area (Å²) in [5.74, 6) is 0. The first-order valence-electron chi connectivity index (χ1n) is 3.38. The molecule has 12 heavy (non-hydrogen) atoms. The molecule has 0 amide bonds. The monoisotopic (exact) mass is 206 g/mol. The Balaban J connectivity index is 2.98. The lowest BCUT2D eigenvalue weighted by molar-refractivity contribution is 0.533. The largest absolute Gasteiger partial charge is 0.754 e. The van der Waals surface area contributed by atoms with Crippen molar-refractivity contribution in [1.29, 1.82) is 0 Å². The third kappa shape index (κ3) is 2.50. The van der Waals surface area contributed by atoms with Crippen molar-refractivity contribution in [2.24, 2.45) is 4.40 Å². The number of aromatic nitrogens is 2. The van der Waals surface area contributed by atoms with Gasteiger partial charge in [0.05, 0.1) is 11.3 Å². The molecule has 0 fully saturated rings. The zero-order valence-electron chi connectivity index (χ0n) is 6.47. The molecule has 0 radical (unpaired) electrons. The van der Waals surface area contributed by atoms with Crippen molar-refractivity contribution in [2.75, 3.05) is 0 Å². The fourth-order valence-electron chi connectivity index (χ4n) is 0.735. The van der Waals surface area contributed by atoms with Gasteiger partial charge >= 0.3 is 0 Å². The fourth-order valence-corrected chi connectivity index (χ4v) is 1.83. The second-order valence-electron chi connectivity index (χ2n) is 2.05. The summed E-state index contributed by atoms with van der Waals surface area (Å²) in [5.41, 5.74) is 1.57. The van der Waals surface area contributed by atoms with E-state index in [2.05, 4.69) is 9.50 Å². The Kier molecular flexibility index (Phi) is 3.57. The molecule has 1 atom stereocenters. The number of aryl methyl sites for hydroxylation is 1. The summed E-state index contributed by atoms with van der Waals surface area (Å²) in [6.07, 6.45) is 0.905. The molecule has 1 heterocycles. The topological polar surface area (TPSA) is 70.3 Å². The molecule has 5 nitrogen and oxygen atoms in total. The summed E-state index contributed by atoms with van der Waals surface area (Å²) >= 11 is -1.17. The van der Waals surface area contributed by atoms with Gasteiger partial charge in [-0.3, -0.25) is 4.21 Å². The summed E-state index contributed by atoms with van der Waals surface area (Å²) in [6, 6.07) is 0. The number of hydrogen-bond acceptors (Lipinski definition) is 4. The summed E-state index contributed by atoms with van der Waals surface area (Å²) in [6.45, 7) is 2.68. The van der Waals surface area contributed by atoms with Crippen LogP contribution in [0.25, 0.3) is 0 Å². The minimum Gasteiger partial charge on any atom is -0.754 e. The summed E-state index contributed by atoms with van der Waals surface area (Å²) in [7, 11) is 0. The molecule has 1 aromatic heterocycles. The lowest BCUT2D eigenvalue weighted by Gasteiger charge is -1.97. The molecule has 7 heteroatoms. The molecule has 1 aromatic rings. The van der Waals surface area contributed by atoms with Gasteiger partial charge in [-0.1, -0.05) is 18.3 Å². The first kappa shape index (κ1) is 9.56. The molecule has 0 N–H and O–H groups in total. The summed E-state index contributed by atoms with van der Waals surface area (Å²) < 4.78 is 25.4. The quantitative estimate of drug-likeness (QED) is 0.656. The molecule has 0 spiro atoms. The van der Waals surface area contributed by atoms with Crippen LogP contribution in [0.1, 0.15) is 13.3 Å². The predicted octanol–water partition coefficient (Wildman–Crippen LogP) is 0.0494. The molecule has 0 saturated carbocycles. The van der Waals surface area contributed by atoms with E-state index in [1.54, 1.807) is 10.2 Å². The third-order valence-corrected chi connectivity index (χ3v) is 2.30. The van der Waals surface area contributed by atoms with E-state index in [1.807, 2.05) is 6.92 Å². The second kappa shape index (κ2) is 4.48. The van der Waals surface area contributed by atoms with Gasteiger partial charge in [-0.25, -0.2) is 4.68 Å². The van der Waals surface area contributed by atoms with Crippen LogP contribution < -0.4 is 4.80 Å². The van der Waals surface area contributed by atoms with Crippen molar-refractivity contribution in [3.63, 3.8) is 0 Å². The standard InChI is InChI=1S/C5H9N3O2S2/c1-2-3-8-5(7-12(9)10)11-4-6-8/h4H,2-3H2,1H3,(H,9,10)/p-1. The van der Waals surface area contributed by atoms with Gasteiger partial charge in [0.1, 0.15) is 5.51 Å². The minimum absolute atomic E-state index is 0.421. The van der Waals surface area contributed by atoms with Crippen LogP contribution in [0, 0.1) is 0 Å². The Morgan fingerprint density at radius 2 is 2.67 bits per heavy atom. The van der Waals surface area contributed by atoms with Crippen molar-refractivity contribution in [2.45, 2.75) is 19.9 Å². The van der Waals surface area contributed by atoms with Crippen LogP contribution in [0.5, 0.6) is 0 Å². The maximum Gasteiger partial charge on any atom is 0.215 e. The van der Waals surface area contributed by atoms with E-state index in [1.165, 1.54) is 11.3 Å². The highest BCUT2D eigenvalue weighted by atomic mass is 32.2. The Morgan fingerprint density at radius 1 is 1.92 bits per heavy atom. The molecule has 68 valence electrons. The Hall–Kier alpha value is -0.530. The van der Waals surface area contributed by atoms with Crippen LogP contribution in [0.4, 0.5) is 0 Å². The molecular formula is C5H8N3O2S2-. The van der Waals surface area contributed by atoms with Gasteiger partial charge in [-0.15, -0.1) is 0 Å². The van der Waals surface area contributed by atoms with Crippen LogP contribution in [-0.4, -0.2) is 18.5 Å². The first-order valence-corrected chi connectivity index (χ1v) is 5.30. The van der Waals surface area contributed by atoms with Crippen molar-refractivity contribution < 1.29 is 8.76 Å². The predicted molar refractivity (Wildman–Crippen MR) is 44.9 cm³/mol. The maximum atomic E-state index is 10.2. The zero-order chi connectivity index (χ0) is 8.97. The van der Waals surface area contributed by atoms with E-state index in [0.29, 0.717) is 11.3 Å². The average molecular weight is 206 g/mol. The molecule has 0 aliphatic heterocycles. The number of nitrogens with zero attached hydrogens (tertiary/aromatic N) is 3. The van der Waals surface area contributed by atoms with Crippen LogP contribution in [0.15, 0.2) is 9.91 Å².